The van der Waals surface area contributed by atoms with E-state index in [2.05, 4.69) is 0 Å². The fourth-order valence-electron chi connectivity index (χ4n) is 3.08. The molecule has 1 N–H and O–H groups in total. The van der Waals surface area contributed by atoms with Crippen molar-refractivity contribution in [3.63, 3.8) is 0 Å². The lowest BCUT2D eigenvalue weighted by atomic mass is 10.1. The van der Waals surface area contributed by atoms with E-state index in [1.54, 1.807) is 19.3 Å². The largest absolute Gasteiger partial charge is 0.390 e. The summed E-state index contributed by atoms with van der Waals surface area (Å²) < 4.78 is 28.6. The van der Waals surface area contributed by atoms with Crippen LogP contribution in [0.3, 0.4) is 0 Å². The van der Waals surface area contributed by atoms with Gasteiger partial charge in [0.15, 0.2) is 0 Å². The second-order valence-electron chi connectivity index (χ2n) is 6.26. The molecule has 2 rings (SSSR count). The third kappa shape index (κ3) is 3.49. The molecule has 0 saturated heterocycles. The predicted octanol–water partition coefficient (Wildman–Crippen LogP) is 2.37. The van der Waals surface area contributed by atoms with Crippen molar-refractivity contribution in [3.8, 4) is 0 Å². The highest BCUT2D eigenvalue weighted by Crippen LogP contribution is 2.28. The molecular weight excluding hydrogens is 288 g/mol. The van der Waals surface area contributed by atoms with Gasteiger partial charge in [0.05, 0.1) is 6.61 Å². The topological polar surface area (TPSA) is 62.5 Å². The van der Waals surface area contributed by atoms with E-state index in [4.69, 9.17) is 0 Å². The number of rotatable bonds is 6. The Morgan fingerprint density at radius 3 is 2.48 bits per heavy atom. The molecule has 5 nitrogen and oxygen atoms in total. The fraction of sp³-hybridized carbons (Fsp3) is 0.733. The van der Waals surface area contributed by atoms with Gasteiger partial charge in [0, 0.05) is 31.5 Å². The van der Waals surface area contributed by atoms with Gasteiger partial charge >= 0.3 is 0 Å². The van der Waals surface area contributed by atoms with Gasteiger partial charge in [-0.25, -0.2) is 12.7 Å². The summed E-state index contributed by atoms with van der Waals surface area (Å²) in [6.45, 7) is 4.37. The third-order valence-electron chi connectivity index (χ3n) is 4.32. The van der Waals surface area contributed by atoms with E-state index in [1.807, 2.05) is 18.4 Å². The molecule has 0 unspecified atom stereocenters. The summed E-state index contributed by atoms with van der Waals surface area (Å²) >= 11 is 0. The molecule has 1 heterocycles. The van der Waals surface area contributed by atoms with Gasteiger partial charge in [-0.05, 0) is 38.7 Å². The van der Waals surface area contributed by atoms with Gasteiger partial charge in [-0.3, -0.25) is 0 Å². The van der Waals surface area contributed by atoms with Crippen LogP contribution < -0.4 is 0 Å². The zero-order chi connectivity index (χ0) is 15.6. The van der Waals surface area contributed by atoms with Crippen LogP contribution in [0.2, 0.25) is 0 Å². The van der Waals surface area contributed by atoms with Crippen molar-refractivity contribution in [1.29, 1.82) is 0 Å². The minimum atomic E-state index is -3.47. The van der Waals surface area contributed by atoms with Crippen LogP contribution in [0.15, 0.2) is 17.2 Å². The number of aromatic nitrogens is 1. The van der Waals surface area contributed by atoms with Crippen molar-refractivity contribution < 1.29 is 13.5 Å². The van der Waals surface area contributed by atoms with E-state index in [9.17, 15) is 13.5 Å². The number of hydrogen-bond donors (Lipinski definition) is 1. The first-order chi connectivity index (χ1) is 9.86. The molecule has 1 aromatic heterocycles. The Morgan fingerprint density at radius 2 is 2.00 bits per heavy atom. The zero-order valence-corrected chi connectivity index (χ0v) is 13.9. The normalized spacial score (nSPS) is 17.2. The van der Waals surface area contributed by atoms with Crippen molar-refractivity contribution in [2.75, 3.05) is 13.6 Å². The Balaban J connectivity index is 2.21. The summed E-state index contributed by atoms with van der Waals surface area (Å²) in [5.41, 5.74) is 0.637. The van der Waals surface area contributed by atoms with Gasteiger partial charge in [-0.1, -0.05) is 12.8 Å². The van der Waals surface area contributed by atoms with Crippen molar-refractivity contribution in [2.45, 2.75) is 57.1 Å². The van der Waals surface area contributed by atoms with Crippen LogP contribution >= 0.6 is 0 Å². The third-order valence-corrected chi connectivity index (χ3v) is 6.11. The van der Waals surface area contributed by atoms with Crippen LogP contribution in [0.5, 0.6) is 0 Å². The molecule has 0 bridgehead atoms. The lowest BCUT2D eigenvalue weighted by Gasteiger charge is -2.20. The molecule has 0 aliphatic heterocycles. The Hall–Kier alpha value is -0.850. The van der Waals surface area contributed by atoms with Crippen LogP contribution in [-0.2, 0) is 16.6 Å². The van der Waals surface area contributed by atoms with E-state index in [0.29, 0.717) is 18.2 Å². The highest BCUT2D eigenvalue weighted by atomic mass is 32.2. The van der Waals surface area contributed by atoms with Gasteiger partial charge in [0.25, 0.3) is 0 Å². The summed E-state index contributed by atoms with van der Waals surface area (Å²) in [6.07, 6.45) is 6.29. The Kier molecular flexibility index (Phi) is 5.11. The number of aliphatic hydroxyl groups is 1. The maximum atomic E-state index is 12.7. The number of sulfonamides is 1. The zero-order valence-electron chi connectivity index (χ0n) is 13.1. The van der Waals surface area contributed by atoms with Crippen molar-refractivity contribution in [2.24, 2.45) is 5.92 Å². The van der Waals surface area contributed by atoms with Gasteiger partial charge in [-0.15, -0.1) is 0 Å². The Labute approximate surface area is 127 Å². The smallest absolute Gasteiger partial charge is 0.244 e. The van der Waals surface area contributed by atoms with Crippen molar-refractivity contribution in [3.05, 3.63) is 18.0 Å². The fourth-order valence-corrected chi connectivity index (χ4v) is 4.38. The van der Waals surface area contributed by atoms with Crippen LogP contribution in [0.4, 0.5) is 0 Å². The summed E-state index contributed by atoms with van der Waals surface area (Å²) in [5.74, 6) is 0.481. The molecule has 1 fully saturated rings. The first kappa shape index (κ1) is 16.5. The van der Waals surface area contributed by atoms with Gasteiger partial charge in [-0.2, -0.15) is 0 Å². The lowest BCUT2D eigenvalue weighted by molar-refractivity contribution is 0.268. The van der Waals surface area contributed by atoms with Crippen molar-refractivity contribution >= 4 is 10.0 Å². The Bertz CT molecular complexity index is 572. The second-order valence-corrected chi connectivity index (χ2v) is 8.31. The second kappa shape index (κ2) is 6.50. The van der Waals surface area contributed by atoms with E-state index in [0.717, 1.165) is 12.8 Å². The summed E-state index contributed by atoms with van der Waals surface area (Å²) in [6, 6.07) is 1.71. The molecule has 0 spiro atoms. The lowest BCUT2D eigenvalue weighted by Crippen LogP contribution is -2.31. The van der Waals surface area contributed by atoms with Crippen LogP contribution in [0.1, 0.15) is 51.3 Å². The summed E-state index contributed by atoms with van der Waals surface area (Å²) in [4.78, 5) is 0.278. The standard InChI is InChI=1S/C15H26N2O3S/c1-12(2)17-10-15(8-14(17)11-18)21(19,20)16(3)9-13-6-4-5-7-13/h8,10,12-13,18H,4-7,9,11H2,1-3H3. The van der Waals surface area contributed by atoms with Gasteiger partial charge in [0.1, 0.15) is 4.90 Å². The monoisotopic (exact) mass is 314 g/mol. The number of hydrogen-bond acceptors (Lipinski definition) is 3. The average Bonchev–Trinajstić information content (AvgIpc) is 3.06. The highest BCUT2D eigenvalue weighted by Gasteiger charge is 2.27. The van der Waals surface area contributed by atoms with Gasteiger partial charge in [0.2, 0.25) is 10.0 Å². The van der Waals surface area contributed by atoms with Crippen LogP contribution in [0.25, 0.3) is 0 Å². The van der Waals surface area contributed by atoms with E-state index in [1.165, 1.54) is 17.1 Å². The molecule has 1 aliphatic rings. The molecule has 1 aromatic rings. The molecule has 21 heavy (non-hydrogen) atoms. The number of nitrogens with zero attached hydrogens (tertiary/aromatic N) is 2. The van der Waals surface area contributed by atoms with E-state index in [-0.39, 0.29) is 17.5 Å². The minimum absolute atomic E-state index is 0.122. The van der Waals surface area contributed by atoms with Gasteiger partial charge < -0.3 is 9.67 Å². The molecular formula is C15H26N2O3S. The maximum absolute atomic E-state index is 12.7. The quantitative estimate of drug-likeness (QED) is 0.877. The van der Waals surface area contributed by atoms with E-state index >= 15 is 0 Å². The first-order valence-electron chi connectivity index (χ1n) is 7.64. The summed E-state index contributed by atoms with van der Waals surface area (Å²) in [5, 5.41) is 9.39. The first-order valence-corrected chi connectivity index (χ1v) is 9.08. The average molecular weight is 314 g/mol. The highest BCUT2D eigenvalue weighted by molar-refractivity contribution is 7.89. The number of aliphatic hydroxyl groups excluding tert-OH is 1. The van der Waals surface area contributed by atoms with E-state index < -0.39 is 10.0 Å². The maximum Gasteiger partial charge on any atom is 0.244 e. The molecule has 120 valence electrons. The molecule has 0 radical (unpaired) electrons. The minimum Gasteiger partial charge on any atom is -0.390 e. The Morgan fingerprint density at radius 1 is 1.38 bits per heavy atom. The van der Waals surface area contributed by atoms with Crippen LogP contribution in [-0.4, -0.2) is 36.0 Å². The molecule has 0 atom stereocenters. The molecule has 1 saturated carbocycles. The SMILES string of the molecule is CC(C)n1cc(S(=O)(=O)N(C)CC2CCCC2)cc1CO. The van der Waals surface area contributed by atoms with Crippen molar-refractivity contribution in [1.82, 2.24) is 8.87 Å². The van der Waals surface area contributed by atoms with Crippen LogP contribution in [0, 0.1) is 5.92 Å². The molecule has 0 amide bonds. The molecule has 0 aromatic carbocycles. The molecule has 1 aliphatic carbocycles. The summed E-state index contributed by atoms with van der Waals surface area (Å²) in [7, 11) is -1.82. The molecule has 6 heteroatoms. The predicted molar refractivity (Wildman–Crippen MR) is 82.5 cm³/mol.